The highest BCUT2D eigenvalue weighted by Gasteiger charge is 2.16. The molecule has 0 aromatic heterocycles. The molecule has 0 aromatic rings. The minimum atomic E-state index is -0.261. The fourth-order valence-electron chi connectivity index (χ4n) is 0.699. The Hall–Kier alpha value is -0.570. The minimum Gasteiger partial charge on any atom is -0.377 e. The lowest BCUT2D eigenvalue weighted by molar-refractivity contribution is -0.122. The molecule has 1 amide bonds. The number of methoxy groups -OCH3 is 1. The number of ether oxygens (including phenoxy) is 1. The molecule has 0 saturated heterocycles. The van der Waals surface area contributed by atoms with Crippen LogP contribution in [0.1, 0.15) is 33.6 Å². The second kappa shape index (κ2) is 5.14. The van der Waals surface area contributed by atoms with Gasteiger partial charge in [-0.15, -0.1) is 0 Å². The highest BCUT2D eigenvalue weighted by molar-refractivity contribution is 5.75. The molecule has 1 N–H and O–H groups in total. The standard InChI is InChI=1S/C9H19NO2/c1-5-6-8(11)10-7-9(2,3)12-4/h5-7H2,1-4H3,(H,10,11). The fourth-order valence-corrected chi connectivity index (χ4v) is 0.699. The van der Waals surface area contributed by atoms with Crippen molar-refractivity contribution in [3.8, 4) is 0 Å². The molecule has 72 valence electrons. The summed E-state index contributed by atoms with van der Waals surface area (Å²) in [4.78, 5) is 11.0. The van der Waals surface area contributed by atoms with Crippen molar-refractivity contribution in [1.82, 2.24) is 5.32 Å². The number of rotatable bonds is 5. The topological polar surface area (TPSA) is 38.3 Å². The summed E-state index contributed by atoms with van der Waals surface area (Å²) in [5, 5.41) is 2.81. The van der Waals surface area contributed by atoms with Crippen molar-refractivity contribution >= 4 is 5.91 Å². The summed E-state index contributed by atoms with van der Waals surface area (Å²) >= 11 is 0. The lowest BCUT2D eigenvalue weighted by atomic mass is 10.1. The van der Waals surface area contributed by atoms with E-state index < -0.39 is 0 Å². The maximum absolute atomic E-state index is 11.0. The zero-order valence-electron chi connectivity index (χ0n) is 8.44. The van der Waals surface area contributed by atoms with Gasteiger partial charge in [-0.2, -0.15) is 0 Å². The Kier molecular flexibility index (Phi) is 4.90. The van der Waals surface area contributed by atoms with Gasteiger partial charge >= 0.3 is 0 Å². The van der Waals surface area contributed by atoms with E-state index in [-0.39, 0.29) is 11.5 Å². The van der Waals surface area contributed by atoms with Crippen molar-refractivity contribution in [1.29, 1.82) is 0 Å². The normalized spacial score (nSPS) is 11.3. The Morgan fingerprint density at radius 1 is 1.50 bits per heavy atom. The van der Waals surface area contributed by atoms with Gasteiger partial charge in [0.2, 0.25) is 5.91 Å². The average Bonchev–Trinajstić information content (AvgIpc) is 2.02. The highest BCUT2D eigenvalue weighted by atomic mass is 16.5. The summed E-state index contributed by atoms with van der Waals surface area (Å²) in [6.45, 7) is 6.45. The Bertz CT molecular complexity index is 143. The molecule has 0 heterocycles. The number of carbonyl (C=O) groups excluding carboxylic acids is 1. The van der Waals surface area contributed by atoms with Crippen LogP contribution in [0.3, 0.4) is 0 Å². The molecule has 0 atom stereocenters. The van der Waals surface area contributed by atoms with Gasteiger partial charge in [0, 0.05) is 20.1 Å². The molecule has 0 saturated carbocycles. The second-order valence-electron chi connectivity index (χ2n) is 3.49. The molecule has 3 heteroatoms. The molecule has 0 aliphatic heterocycles. The summed E-state index contributed by atoms with van der Waals surface area (Å²) in [7, 11) is 1.64. The molecule has 0 unspecified atom stereocenters. The average molecular weight is 173 g/mol. The summed E-state index contributed by atoms with van der Waals surface area (Å²) in [5.41, 5.74) is -0.261. The number of hydrogen-bond acceptors (Lipinski definition) is 2. The zero-order chi connectivity index (χ0) is 9.61. The third-order valence-corrected chi connectivity index (χ3v) is 1.74. The molecule has 0 bridgehead atoms. The summed E-state index contributed by atoms with van der Waals surface area (Å²) < 4.78 is 5.15. The van der Waals surface area contributed by atoms with Crippen LogP contribution >= 0.6 is 0 Å². The van der Waals surface area contributed by atoms with E-state index in [1.54, 1.807) is 7.11 Å². The Morgan fingerprint density at radius 3 is 2.50 bits per heavy atom. The van der Waals surface area contributed by atoms with Crippen LogP contribution in [0.2, 0.25) is 0 Å². The molecule has 12 heavy (non-hydrogen) atoms. The van der Waals surface area contributed by atoms with E-state index in [2.05, 4.69) is 5.32 Å². The first-order valence-electron chi connectivity index (χ1n) is 4.33. The van der Waals surface area contributed by atoms with Crippen LogP contribution in [-0.4, -0.2) is 25.2 Å². The maximum atomic E-state index is 11.0. The highest BCUT2D eigenvalue weighted by Crippen LogP contribution is 2.04. The zero-order valence-corrected chi connectivity index (χ0v) is 8.44. The molecular formula is C9H19NO2. The predicted molar refractivity (Wildman–Crippen MR) is 49.0 cm³/mol. The largest absolute Gasteiger partial charge is 0.377 e. The molecule has 0 rings (SSSR count). The van der Waals surface area contributed by atoms with Gasteiger partial charge in [0.1, 0.15) is 0 Å². The van der Waals surface area contributed by atoms with Crippen molar-refractivity contribution in [2.24, 2.45) is 0 Å². The molecule has 0 fully saturated rings. The Morgan fingerprint density at radius 2 is 2.08 bits per heavy atom. The van der Waals surface area contributed by atoms with Crippen LogP contribution < -0.4 is 5.32 Å². The van der Waals surface area contributed by atoms with Crippen molar-refractivity contribution in [3.05, 3.63) is 0 Å². The lowest BCUT2D eigenvalue weighted by Gasteiger charge is -2.22. The van der Waals surface area contributed by atoms with Gasteiger partial charge in [0.05, 0.1) is 5.60 Å². The number of carbonyl (C=O) groups is 1. The van der Waals surface area contributed by atoms with Gasteiger partial charge in [-0.3, -0.25) is 4.79 Å². The first kappa shape index (κ1) is 11.4. The second-order valence-corrected chi connectivity index (χ2v) is 3.49. The van der Waals surface area contributed by atoms with Gasteiger partial charge in [0.25, 0.3) is 0 Å². The first-order valence-corrected chi connectivity index (χ1v) is 4.33. The van der Waals surface area contributed by atoms with Crippen molar-refractivity contribution in [3.63, 3.8) is 0 Å². The third-order valence-electron chi connectivity index (χ3n) is 1.74. The van der Waals surface area contributed by atoms with Crippen LogP contribution in [0.5, 0.6) is 0 Å². The van der Waals surface area contributed by atoms with Crippen LogP contribution in [0, 0.1) is 0 Å². The van der Waals surface area contributed by atoms with Crippen LogP contribution in [0.15, 0.2) is 0 Å². The summed E-state index contributed by atoms with van der Waals surface area (Å²) in [6.07, 6.45) is 1.49. The summed E-state index contributed by atoms with van der Waals surface area (Å²) in [5.74, 6) is 0.0997. The first-order chi connectivity index (χ1) is 5.52. The third kappa shape index (κ3) is 5.13. The van der Waals surface area contributed by atoms with Crippen molar-refractivity contribution in [2.75, 3.05) is 13.7 Å². The van der Waals surface area contributed by atoms with Gasteiger partial charge in [-0.1, -0.05) is 6.92 Å². The molecule has 0 spiro atoms. The minimum absolute atomic E-state index is 0.0997. The van der Waals surface area contributed by atoms with E-state index in [1.807, 2.05) is 20.8 Å². The monoisotopic (exact) mass is 173 g/mol. The molecule has 0 aromatic carbocycles. The van der Waals surface area contributed by atoms with Gasteiger partial charge in [-0.05, 0) is 20.3 Å². The fraction of sp³-hybridized carbons (Fsp3) is 0.889. The summed E-state index contributed by atoms with van der Waals surface area (Å²) in [6, 6.07) is 0. The lowest BCUT2D eigenvalue weighted by Crippen LogP contribution is -2.39. The van der Waals surface area contributed by atoms with E-state index in [0.717, 1.165) is 6.42 Å². The van der Waals surface area contributed by atoms with Gasteiger partial charge in [0.15, 0.2) is 0 Å². The van der Waals surface area contributed by atoms with Crippen LogP contribution in [-0.2, 0) is 9.53 Å². The number of amides is 1. The Labute approximate surface area is 74.5 Å². The molecule has 0 aliphatic carbocycles. The van der Waals surface area contributed by atoms with E-state index in [1.165, 1.54) is 0 Å². The number of nitrogens with one attached hydrogen (secondary N) is 1. The maximum Gasteiger partial charge on any atom is 0.220 e. The van der Waals surface area contributed by atoms with E-state index in [4.69, 9.17) is 4.74 Å². The number of hydrogen-bond donors (Lipinski definition) is 1. The van der Waals surface area contributed by atoms with Gasteiger partial charge in [-0.25, -0.2) is 0 Å². The Balaban J connectivity index is 3.60. The predicted octanol–water partition coefficient (Wildman–Crippen LogP) is 1.33. The van der Waals surface area contributed by atoms with E-state index in [9.17, 15) is 4.79 Å². The SMILES string of the molecule is CCCC(=O)NCC(C)(C)OC. The smallest absolute Gasteiger partial charge is 0.220 e. The molecule has 3 nitrogen and oxygen atoms in total. The van der Waals surface area contributed by atoms with Crippen LogP contribution in [0.25, 0.3) is 0 Å². The van der Waals surface area contributed by atoms with Crippen molar-refractivity contribution in [2.45, 2.75) is 39.2 Å². The van der Waals surface area contributed by atoms with E-state index >= 15 is 0 Å². The quantitative estimate of drug-likeness (QED) is 0.681. The van der Waals surface area contributed by atoms with Gasteiger partial charge < -0.3 is 10.1 Å². The van der Waals surface area contributed by atoms with Crippen LogP contribution in [0.4, 0.5) is 0 Å². The molecular weight excluding hydrogens is 154 g/mol. The van der Waals surface area contributed by atoms with Crippen molar-refractivity contribution < 1.29 is 9.53 Å². The molecule has 0 radical (unpaired) electrons. The van der Waals surface area contributed by atoms with E-state index in [0.29, 0.717) is 13.0 Å². The molecule has 0 aliphatic rings.